The molecule has 0 unspecified atom stereocenters. The van der Waals surface area contributed by atoms with E-state index in [0.29, 0.717) is 13.2 Å². The number of halogens is 1. The van der Waals surface area contributed by atoms with Crippen LogP contribution in [0.25, 0.3) is 27.7 Å². The first-order valence-corrected chi connectivity index (χ1v) is 11.2. The molecule has 3 aromatic rings. The minimum Gasteiger partial charge on any atom is -0.493 e. The fourth-order valence-corrected chi connectivity index (χ4v) is 3.95. The Morgan fingerprint density at radius 1 is 1.29 bits per heavy atom. The number of allylic oxidation sites excluding steroid dienone is 1. The number of hydrogen-bond donors (Lipinski definition) is 1. The van der Waals surface area contributed by atoms with Gasteiger partial charge in [-0.05, 0) is 64.2 Å². The van der Waals surface area contributed by atoms with Gasteiger partial charge in [0.2, 0.25) is 5.91 Å². The number of rotatable bonds is 8. The van der Waals surface area contributed by atoms with Gasteiger partial charge >= 0.3 is 0 Å². The molecule has 1 amide bonds. The zero-order valence-electron chi connectivity index (χ0n) is 18.7. The molecule has 164 valence electrons. The van der Waals surface area contributed by atoms with Gasteiger partial charge in [0, 0.05) is 45.7 Å². The number of hydrogen-bond acceptors (Lipinski definition) is 4. The van der Waals surface area contributed by atoms with E-state index < -0.39 is 0 Å². The Labute approximate surface area is 192 Å². The van der Waals surface area contributed by atoms with Crippen molar-refractivity contribution in [3.05, 3.63) is 58.3 Å². The summed E-state index contributed by atoms with van der Waals surface area (Å²) in [7, 11) is 3.96. The van der Waals surface area contributed by atoms with Crippen molar-refractivity contribution in [2.24, 2.45) is 0 Å². The maximum absolute atomic E-state index is 12.4. The van der Waals surface area contributed by atoms with Crippen molar-refractivity contribution in [3.8, 4) is 16.9 Å². The monoisotopic (exact) mass is 484 g/mol. The zero-order valence-corrected chi connectivity index (χ0v) is 20.3. The number of benzene rings is 2. The molecule has 31 heavy (non-hydrogen) atoms. The highest BCUT2D eigenvalue weighted by molar-refractivity contribution is 9.10. The molecular formula is C25H29BrN2O3. The molecule has 0 radical (unpaired) electrons. The zero-order chi connectivity index (χ0) is 22.5. The quantitative estimate of drug-likeness (QED) is 0.419. The van der Waals surface area contributed by atoms with Crippen LogP contribution in [0.1, 0.15) is 25.0 Å². The lowest BCUT2D eigenvalue weighted by atomic mass is 9.96. The van der Waals surface area contributed by atoms with E-state index in [4.69, 9.17) is 9.15 Å². The van der Waals surface area contributed by atoms with E-state index in [1.165, 1.54) is 0 Å². The van der Waals surface area contributed by atoms with Gasteiger partial charge in [-0.3, -0.25) is 4.79 Å². The molecule has 1 aromatic heterocycles. The van der Waals surface area contributed by atoms with Crippen LogP contribution in [0.5, 0.6) is 5.75 Å². The summed E-state index contributed by atoms with van der Waals surface area (Å²) >= 11 is 3.55. The second-order valence-electron chi connectivity index (χ2n) is 7.77. The molecule has 6 heteroatoms. The molecule has 2 aromatic carbocycles. The number of carbonyl (C=O) groups is 1. The smallest absolute Gasteiger partial charge is 0.244 e. The summed E-state index contributed by atoms with van der Waals surface area (Å²) < 4.78 is 12.9. The van der Waals surface area contributed by atoms with Crippen LogP contribution >= 0.6 is 15.9 Å². The van der Waals surface area contributed by atoms with E-state index in [-0.39, 0.29) is 5.91 Å². The number of nitrogens with one attached hydrogen (secondary N) is 1. The van der Waals surface area contributed by atoms with Gasteiger partial charge in [-0.1, -0.05) is 28.1 Å². The van der Waals surface area contributed by atoms with Gasteiger partial charge in [0.25, 0.3) is 0 Å². The third-order valence-corrected chi connectivity index (χ3v) is 5.59. The molecule has 0 saturated carbocycles. The van der Waals surface area contributed by atoms with E-state index in [0.717, 1.165) is 55.6 Å². The number of aryl methyl sites for hydroxylation is 1. The summed E-state index contributed by atoms with van der Waals surface area (Å²) in [6.45, 7) is 7.80. The Balaban J connectivity index is 2.06. The van der Waals surface area contributed by atoms with Crippen LogP contribution in [0.3, 0.4) is 0 Å². The first-order valence-electron chi connectivity index (χ1n) is 10.4. The van der Waals surface area contributed by atoms with E-state index >= 15 is 0 Å². The second-order valence-corrected chi connectivity index (χ2v) is 8.69. The maximum Gasteiger partial charge on any atom is 0.244 e. The van der Waals surface area contributed by atoms with E-state index in [9.17, 15) is 4.79 Å². The van der Waals surface area contributed by atoms with Crippen LogP contribution in [0.2, 0.25) is 0 Å². The summed E-state index contributed by atoms with van der Waals surface area (Å²) in [6.07, 6.45) is 3.42. The first kappa shape index (κ1) is 23.1. The molecule has 0 aliphatic carbocycles. The number of fused-ring (bicyclic) bond motifs is 1. The molecule has 1 heterocycles. The average molecular weight is 485 g/mol. The number of likely N-dealkylation sites (N-methyl/N-ethyl adjacent to an activating group) is 1. The van der Waals surface area contributed by atoms with Crippen molar-refractivity contribution in [2.45, 2.75) is 20.8 Å². The summed E-state index contributed by atoms with van der Waals surface area (Å²) in [4.78, 5) is 14.5. The van der Waals surface area contributed by atoms with Crippen LogP contribution in [-0.2, 0) is 4.79 Å². The number of ether oxygens (including phenoxy) is 1. The van der Waals surface area contributed by atoms with Crippen molar-refractivity contribution < 1.29 is 13.9 Å². The topological polar surface area (TPSA) is 54.7 Å². The van der Waals surface area contributed by atoms with Crippen molar-refractivity contribution in [3.63, 3.8) is 0 Å². The van der Waals surface area contributed by atoms with Gasteiger partial charge in [0.05, 0.1) is 12.9 Å². The molecule has 0 aliphatic rings. The normalized spacial score (nSPS) is 11.9. The first-order chi connectivity index (χ1) is 14.8. The fourth-order valence-electron chi connectivity index (χ4n) is 3.55. The Bertz CT molecular complexity index is 1120. The Hall–Kier alpha value is -2.57. The van der Waals surface area contributed by atoms with Gasteiger partial charge < -0.3 is 19.4 Å². The molecule has 0 spiro atoms. The minimum absolute atomic E-state index is 0.112. The Kier molecular flexibility index (Phi) is 7.57. The number of carbonyl (C=O) groups excluding carboxylic acids is 1. The van der Waals surface area contributed by atoms with Crippen molar-refractivity contribution in [1.29, 1.82) is 0 Å². The molecule has 0 bridgehead atoms. The molecule has 1 N–H and O–H groups in total. The maximum atomic E-state index is 12.4. The largest absolute Gasteiger partial charge is 0.493 e. The van der Waals surface area contributed by atoms with Crippen LogP contribution < -0.4 is 10.1 Å². The molecule has 5 nitrogen and oxygen atoms in total. The Morgan fingerprint density at radius 2 is 2.06 bits per heavy atom. The summed E-state index contributed by atoms with van der Waals surface area (Å²) in [6, 6.07) is 10.2. The predicted octanol–water partition coefficient (Wildman–Crippen LogP) is 5.65. The molecule has 0 fully saturated rings. The molecule has 3 rings (SSSR count). The van der Waals surface area contributed by atoms with Crippen LogP contribution in [0.15, 0.2) is 51.6 Å². The molecule has 0 atom stereocenters. The van der Waals surface area contributed by atoms with Crippen molar-refractivity contribution in [1.82, 2.24) is 10.2 Å². The third kappa shape index (κ3) is 5.38. The minimum atomic E-state index is -0.112. The summed E-state index contributed by atoms with van der Waals surface area (Å²) in [5, 5.41) is 3.93. The van der Waals surface area contributed by atoms with Gasteiger partial charge in [0.1, 0.15) is 11.3 Å². The fraction of sp³-hybridized carbons (Fsp3) is 0.320. The number of nitrogens with zero attached hydrogens (tertiary/aromatic N) is 1. The number of furan rings is 1. The average Bonchev–Trinajstić information content (AvgIpc) is 3.14. The third-order valence-electron chi connectivity index (χ3n) is 5.10. The Morgan fingerprint density at radius 3 is 2.74 bits per heavy atom. The lowest BCUT2D eigenvalue weighted by Crippen LogP contribution is -2.30. The van der Waals surface area contributed by atoms with E-state index in [1.807, 2.05) is 51.9 Å². The standard InChI is InChI=1S/C25H29BrN2O3/c1-6-30-24-17(3)25-21(22(15-31-25)18-8-7-9-19(26)13-18)14-20(24)16(2)12-23(29)27-10-11-28(4)5/h7-9,12-15H,6,10-11H2,1-5H3,(H,27,29)/b16-12+. The molecular weight excluding hydrogens is 456 g/mol. The van der Waals surface area contributed by atoms with Crippen LogP contribution in [0.4, 0.5) is 0 Å². The van der Waals surface area contributed by atoms with E-state index in [2.05, 4.69) is 39.4 Å². The highest BCUT2D eigenvalue weighted by Gasteiger charge is 2.19. The second kappa shape index (κ2) is 10.2. The highest BCUT2D eigenvalue weighted by atomic mass is 79.9. The molecule has 0 aliphatic heterocycles. The van der Waals surface area contributed by atoms with Gasteiger partial charge in [-0.2, -0.15) is 0 Å². The van der Waals surface area contributed by atoms with Crippen LogP contribution in [0, 0.1) is 6.92 Å². The summed E-state index contributed by atoms with van der Waals surface area (Å²) in [5.74, 6) is 0.638. The van der Waals surface area contributed by atoms with Crippen molar-refractivity contribution in [2.75, 3.05) is 33.8 Å². The van der Waals surface area contributed by atoms with E-state index in [1.54, 1.807) is 12.3 Å². The van der Waals surface area contributed by atoms with Gasteiger partial charge in [0.15, 0.2) is 0 Å². The van der Waals surface area contributed by atoms with Gasteiger partial charge in [-0.25, -0.2) is 0 Å². The van der Waals surface area contributed by atoms with Crippen molar-refractivity contribution >= 4 is 38.4 Å². The van der Waals surface area contributed by atoms with Crippen LogP contribution in [-0.4, -0.2) is 44.6 Å². The number of amides is 1. The highest BCUT2D eigenvalue weighted by Crippen LogP contribution is 2.41. The SMILES string of the molecule is CCOc1c(/C(C)=C/C(=O)NCCN(C)C)cc2c(-c3cccc(Br)c3)coc2c1C. The lowest BCUT2D eigenvalue weighted by Gasteiger charge is -2.15. The molecule has 0 saturated heterocycles. The lowest BCUT2D eigenvalue weighted by molar-refractivity contribution is -0.116. The van der Waals surface area contributed by atoms with Gasteiger partial charge in [-0.15, -0.1) is 0 Å². The predicted molar refractivity (Wildman–Crippen MR) is 130 cm³/mol. The summed E-state index contributed by atoms with van der Waals surface area (Å²) in [5.41, 5.74) is 5.53.